The molecule has 1 aliphatic carbocycles. The Morgan fingerprint density at radius 1 is 0.924 bits per heavy atom. The molecule has 6 aliphatic heterocycles. The largest absolute Gasteiger partial charge is 0.462 e. The molecule has 1 spiro atoms. The average Bonchev–Trinajstić information content (AvgIpc) is 3.62. The van der Waals surface area contributed by atoms with E-state index in [0.717, 1.165) is 12.0 Å². The van der Waals surface area contributed by atoms with Gasteiger partial charge in [0.15, 0.2) is 18.4 Å². The summed E-state index contributed by atoms with van der Waals surface area (Å²) in [5.41, 5.74) is 5.42. The molecular formula is C50H75NO15. The second-order valence-corrected chi connectivity index (χ2v) is 19.7. The zero-order chi connectivity index (χ0) is 47.7. The van der Waals surface area contributed by atoms with E-state index in [1.807, 2.05) is 39.0 Å². The highest BCUT2D eigenvalue weighted by molar-refractivity contribution is 5.78. The smallest absolute Gasteiger partial charge is 0.316 e. The summed E-state index contributed by atoms with van der Waals surface area (Å²) in [6.07, 6.45) is 8.46. The van der Waals surface area contributed by atoms with Gasteiger partial charge in [0, 0.05) is 51.7 Å². The van der Waals surface area contributed by atoms with Gasteiger partial charge >= 0.3 is 5.97 Å². The summed E-state index contributed by atoms with van der Waals surface area (Å²) in [7, 11) is 3.22. The lowest BCUT2D eigenvalue weighted by Crippen LogP contribution is -2.58. The lowest BCUT2D eigenvalue weighted by molar-refractivity contribution is -0.320. The first-order valence-electron chi connectivity index (χ1n) is 24.0. The molecule has 0 saturated carbocycles. The fraction of sp³-hybridized carbons (Fsp3) is 0.760. The Labute approximate surface area is 390 Å². The molecular weight excluding hydrogens is 855 g/mol. The van der Waals surface area contributed by atoms with Gasteiger partial charge < -0.3 is 68.1 Å². The van der Waals surface area contributed by atoms with Crippen molar-refractivity contribution in [1.29, 1.82) is 0 Å². The Kier molecular flexibility index (Phi) is 16.6. The van der Waals surface area contributed by atoms with Crippen LogP contribution in [-0.4, -0.2) is 147 Å². The number of rotatable bonds is 11. The zero-order valence-electron chi connectivity index (χ0n) is 40.4. The van der Waals surface area contributed by atoms with Gasteiger partial charge in [-0.05, 0) is 62.8 Å². The van der Waals surface area contributed by atoms with Crippen LogP contribution < -0.4 is 5.73 Å². The molecule has 0 aromatic carbocycles. The number of hydrogen-bond donors (Lipinski definition) is 3. The third kappa shape index (κ3) is 10.8. The number of esters is 1. The minimum atomic E-state index is -1.85. The third-order valence-corrected chi connectivity index (χ3v) is 14.9. The average molecular weight is 930 g/mol. The van der Waals surface area contributed by atoms with Crippen LogP contribution in [0.5, 0.6) is 0 Å². The van der Waals surface area contributed by atoms with Gasteiger partial charge in [0.25, 0.3) is 0 Å². The van der Waals surface area contributed by atoms with Crippen LogP contribution >= 0.6 is 0 Å². The van der Waals surface area contributed by atoms with Crippen LogP contribution in [0.4, 0.5) is 0 Å². The molecule has 66 heavy (non-hydrogen) atoms. The van der Waals surface area contributed by atoms with Crippen molar-refractivity contribution < 1.29 is 71.9 Å². The van der Waals surface area contributed by atoms with Gasteiger partial charge in [0.1, 0.15) is 48.6 Å². The van der Waals surface area contributed by atoms with Crippen LogP contribution in [0.25, 0.3) is 0 Å². The molecule has 1 amide bonds. The quantitative estimate of drug-likeness (QED) is 0.187. The van der Waals surface area contributed by atoms with E-state index >= 15 is 0 Å². The number of ether oxygens (including phenoxy) is 11. The molecule has 0 aromatic heterocycles. The molecule has 0 unspecified atom stereocenters. The first-order valence-corrected chi connectivity index (χ1v) is 24.0. The van der Waals surface area contributed by atoms with Gasteiger partial charge in [-0.25, -0.2) is 0 Å². The summed E-state index contributed by atoms with van der Waals surface area (Å²) in [4.78, 5) is 25.8. The minimum Gasteiger partial charge on any atom is -0.462 e. The van der Waals surface area contributed by atoms with Crippen molar-refractivity contribution in [2.75, 3.05) is 27.4 Å². The molecule has 20 atom stereocenters. The number of amides is 1. The van der Waals surface area contributed by atoms with Gasteiger partial charge in [-0.1, -0.05) is 70.6 Å². The van der Waals surface area contributed by atoms with Gasteiger partial charge in [-0.2, -0.15) is 0 Å². The summed E-state index contributed by atoms with van der Waals surface area (Å²) in [5, 5.41) is 23.8. The molecule has 16 heteroatoms. The maximum absolute atomic E-state index is 14.4. The van der Waals surface area contributed by atoms with E-state index in [1.165, 1.54) is 0 Å². The predicted octanol–water partition coefficient (Wildman–Crippen LogP) is 4.89. The van der Waals surface area contributed by atoms with Crippen molar-refractivity contribution in [3.63, 3.8) is 0 Å². The summed E-state index contributed by atoms with van der Waals surface area (Å²) in [6.45, 7) is 15.8. The molecule has 0 radical (unpaired) electrons. The van der Waals surface area contributed by atoms with E-state index in [2.05, 4.69) is 39.8 Å². The lowest BCUT2D eigenvalue weighted by atomic mass is 9.71. The van der Waals surface area contributed by atoms with Crippen molar-refractivity contribution in [2.24, 2.45) is 29.4 Å². The monoisotopic (exact) mass is 930 g/mol. The molecule has 0 aromatic rings. The van der Waals surface area contributed by atoms with Crippen LogP contribution in [0.15, 0.2) is 59.3 Å². The van der Waals surface area contributed by atoms with Crippen LogP contribution in [0.3, 0.4) is 0 Å². The number of primary amides is 1. The first kappa shape index (κ1) is 51.0. The molecule has 7 rings (SSSR count). The highest BCUT2D eigenvalue weighted by Crippen LogP contribution is 2.47. The second kappa shape index (κ2) is 21.4. The van der Waals surface area contributed by atoms with Crippen molar-refractivity contribution in [1.82, 2.24) is 0 Å². The maximum atomic E-state index is 14.4. The Hall–Kier alpha value is -2.84. The van der Waals surface area contributed by atoms with Gasteiger partial charge in [-0.3, -0.25) is 9.59 Å². The third-order valence-electron chi connectivity index (χ3n) is 14.9. The molecule has 370 valence electrons. The van der Waals surface area contributed by atoms with Crippen molar-refractivity contribution in [3.05, 3.63) is 59.3 Å². The Morgan fingerprint density at radius 3 is 2.29 bits per heavy atom. The van der Waals surface area contributed by atoms with Crippen LogP contribution in [-0.2, 0) is 61.7 Å². The Bertz CT molecular complexity index is 1870. The van der Waals surface area contributed by atoms with Gasteiger partial charge in [0.05, 0.1) is 49.3 Å². The zero-order valence-corrected chi connectivity index (χ0v) is 40.4. The molecule has 2 bridgehead atoms. The van der Waals surface area contributed by atoms with Crippen molar-refractivity contribution in [2.45, 2.75) is 191 Å². The van der Waals surface area contributed by atoms with Crippen LogP contribution in [0.2, 0.25) is 0 Å². The highest BCUT2D eigenvalue weighted by Gasteiger charge is 2.60. The van der Waals surface area contributed by atoms with Crippen LogP contribution in [0.1, 0.15) is 93.9 Å². The molecule has 4 saturated heterocycles. The maximum Gasteiger partial charge on any atom is 0.316 e. The van der Waals surface area contributed by atoms with E-state index in [4.69, 9.17) is 57.8 Å². The topological polar surface area (TPSA) is 202 Å². The molecule has 6 heterocycles. The predicted molar refractivity (Wildman–Crippen MR) is 240 cm³/mol. The SMILES string of the molecule is CC[C@H](C)[C@H]1O[C@]2(C=C[C@@H]1C)C[C@@H]1C[C@@H](C/C=C(\C)[C@@H](O[C@H]3C[C@H](OC)[C@@H](O[C@H]4C[C@H](OC)[C@@H](OCC(N)=O)[C@H](C)O4)[C@H](C)O3)[C@@H](C)/C=C/C=C3\CO[C@@H]4[C@H](O)C(C)=C[C@@H](C(=O)O1)[C@]34O)O2. The summed E-state index contributed by atoms with van der Waals surface area (Å²) >= 11 is 0. The molecule has 16 nitrogen and oxygen atoms in total. The van der Waals surface area contributed by atoms with E-state index < -0.39 is 109 Å². The number of methoxy groups -OCH3 is 2. The van der Waals surface area contributed by atoms with Crippen molar-refractivity contribution in [3.8, 4) is 0 Å². The summed E-state index contributed by atoms with van der Waals surface area (Å²) < 4.78 is 70.0. The fourth-order valence-corrected chi connectivity index (χ4v) is 11.0. The number of carbonyl (C=O) groups excluding carboxylic acids is 2. The molecule has 4 N–H and O–H groups in total. The van der Waals surface area contributed by atoms with E-state index in [-0.39, 0.29) is 43.5 Å². The molecule has 4 fully saturated rings. The first-order chi connectivity index (χ1) is 31.4. The second-order valence-electron chi connectivity index (χ2n) is 19.7. The van der Waals surface area contributed by atoms with E-state index in [9.17, 15) is 19.8 Å². The normalized spacial score (nSPS) is 46.8. The lowest BCUT2D eigenvalue weighted by Gasteiger charge is -2.48. The number of allylic oxidation sites excluding steroid dienone is 2. The number of carbonyl (C=O) groups is 2. The van der Waals surface area contributed by atoms with Crippen LogP contribution in [0, 0.1) is 23.7 Å². The Morgan fingerprint density at radius 2 is 1.61 bits per heavy atom. The summed E-state index contributed by atoms with van der Waals surface area (Å²) in [5.74, 6) is -3.21. The number of aliphatic hydroxyl groups is 2. The van der Waals surface area contributed by atoms with E-state index in [0.29, 0.717) is 36.8 Å². The minimum absolute atomic E-state index is 0.0208. The van der Waals surface area contributed by atoms with Gasteiger partial charge in [0.2, 0.25) is 5.91 Å². The number of hydrogen-bond acceptors (Lipinski definition) is 15. The van der Waals surface area contributed by atoms with E-state index in [1.54, 1.807) is 33.3 Å². The van der Waals surface area contributed by atoms with Gasteiger partial charge in [-0.15, -0.1) is 0 Å². The fourth-order valence-electron chi connectivity index (χ4n) is 11.0. The summed E-state index contributed by atoms with van der Waals surface area (Å²) in [6, 6.07) is 0. The highest BCUT2D eigenvalue weighted by atomic mass is 16.7. The number of fused-ring (bicyclic) bond motifs is 2. The number of nitrogens with two attached hydrogens (primary N) is 1. The standard InChI is InChI=1S/C50H75NO15/c1-11-26(2)44-29(5)17-18-49(66-44)23-35-20-34(65-49)16-15-28(4)43(27(3)13-12-14-33-24-59-47-42(53)30(6)19-36(48(54)62-35)50(33,47)55)63-40-22-38(57-10)46(32(8)61-40)64-41-21-37(56-9)45(31(7)60-41)58-25-39(51)52/h12-15,17-19,26-27,29,31-32,34-38,40-47,53,55H,11,16,20-25H2,1-10H3,(H2,51,52)/b13-12+,28-15+,33-14+/t26-,27-,29-,31-,32-,34+,35-,36-,37-,38-,40-,41-,42+,43-,44+,45-,46-,47+,49+,50+/m0/s1. The Balaban J connectivity index is 1.15. The number of aliphatic hydroxyl groups excluding tert-OH is 1. The molecule has 7 aliphatic rings. The van der Waals surface area contributed by atoms with Crippen molar-refractivity contribution >= 4 is 11.9 Å².